The first-order chi connectivity index (χ1) is 39.6. The van der Waals surface area contributed by atoms with Gasteiger partial charge in [0.1, 0.15) is 42.8 Å². The number of hydrogen-bond donors (Lipinski definition) is 7. The molecule has 10 rings (SSSR count). The van der Waals surface area contributed by atoms with Gasteiger partial charge in [-0.1, -0.05) is 18.2 Å². The van der Waals surface area contributed by atoms with Crippen molar-refractivity contribution < 1.29 is 87.7 Å². The second kappa shape index (κ2) is 21.1. The average molecular weight is 1280 g/mol. The van der Waals surface area contributed by atoms with Gasteiger partial charge in [0.05, 0.1) is 49.7 Å². The van der Waals surface area contributed by atoms with Crippen molar-refractivity contribution >= 4 is 149 Å². The summed E-state index contributed by atoms with van der Waals surface area (Å²) in [6.07, 6.45) is 0. The first kappa shape index (κ1) is 59.4. The van der Waals surface area contributed by atoms with Gasteiger partial charge in [0.25, 0.3) is 60.7 Å². The van der Waals surface area contributed by atoms with Gasteiger partial charge in [-0.3, -0.25) is 27.3 Å². The van der Waals surface area contributed by atoms with Crippen LogP contribution < -0.4 is 4.74 Å². The van der Waals surface area contributed by atoms with Crippen LogP contribution in [0.2, 0.25) is 0 Å². The highest BCUT2D eigenvalue weighted by molar-refractivity contribution is 7.87. The zero-order valence-electron chi connectivity index (χ0n) is 43.1. The van der Waals surface area contributed by atoms with Crippen LogP contribution in [0.25, 0.3) is 59.8 Å². The quantitative estimate of drug-likeness (QED) is 0.0370. The van der Waals surface area contributed by atoms with E-state index in [0.717, 1.165) is 41.2 Å². The van der Waals surface area contributed by atoms with Crippen LogP contribution in [-0.2, 0) is 60.7 Å². The van der Waals surface area contributed by atoms with Crippen molar-refractivity contribution in [2.24, 2.45) is 30.7 Å². The van der Waals surface area contributed by atoms with Crippen molar-refractivity contribution in [2.45, 2.75) is 50.1 Å². The number of rotatable bonds is 15. The molecule has 9 aromatic carbocycles. The standard InChI is InChI=1S/C50H37N9O20S6/c1-4-79-43-23-42(54-51-28-6-5-26-16-31(81(64,65)66)21-45(36(26)18-28)84(73,74)75)37-19-30(80(61,62)63)8-10-35(37)48(43)55-52-40-13-25(3)41(14-24(40)2)53-56-49-46(85(76,77)78)17-27-15-29(7-9-33(27)50(49)60)59-57-39-12-11-34-38(47(39)58-59)20-32(82(67,68)69)22-44(34)83(70,71)72/h5-23,60H,4H2,1-3H3,(H,61,62,63)(H,64,65,66)(H,67,68,69)(H,70,71,72)(H,73,74,75)(H,76,77,78). The molecule has 0 fully saturated rings. The maximum Gasteiger partial charge on any atom is 0.296 e. The maximum absolute atomic E-state index is 12.9. The lowest BCUT2D eigenvalue weighted by atomic mass is 10.1. The number of nitrogens with zero attached hydrogens (tertiary/aromatic N) is 9. The van der Waals surface area contributed by atoms with Crippen LogP contribution in [0.5, 0.6) is 11.5 Å². The van der Waals surface area contributed by atoms with Crippen molar-refractivity contribution in [2.75, 3.05) is 6.61 Å². The normalized spacial score (nSPS) is 13.3. The third kappa shape index (κ3) is 11.8. The highest BCUT2D eigenvalue weighted by Crippen LogP contribution is 2.46. The summed E-state index contributed by atoms with van der Waals surface area (Å²) < 4.78 is 213. The fraction of sp³-hybridized carbons (Fsp3) is 0.0800. The zero-order valence-corrected chi connectivity index (χ0v) is 48.0. The summed E-state index contributed by atoms with van der Waals surface area (Å²) in [5, 5.41) is 45.5. The summed E-state index contributed by atoms with van der Waals surface area (Å²) in [6, 6.07) is 22.1. The molecule has 1 heterocycles. The van der Waals surface area contributed by atoms with Gasteiger partial charge in [-0.25, -0.2) is 0 Å². The van der Waals surface area contributed by atoms with E-state index < -0.39 is 102 Å². The molecule has 0 amide bonds. The minimum atomic E-state index is -5.17. The zero-order chi connectivity index (χ0) is 61.7. The second-order valence-corrected chi connectivity index (χ2v) is 26.9. The number of azo groups is 3. The number of aromatic hydroxyl groups is 1. The first-order valence-electron chi connectivity index (χ1n) is 23.7. The lowest BCUT2D eigenvalue weighted by Gasteiger charge is -2.13. The number of phenolic OH excluding ortho intramolecular Hbond substituents is 1. The van der Waals surface area contributed by atoms with Gasteiger partial charge in [-0.05, 0) is 134 Å². The Hall–Kier alpha value is -8.72. The number of ether oxygens (including phenoxy) is 1. The lowest BCUT2D eigenvalue weighted by molar-refractivity contribution is 0.342. The Labute approximate surface area is 479 Å². The van der Waals surface area contributed by atoms with Crippen LogP contribution in [0.1, 0.15) is 18.1 Å². The van der Waals surface area contributed by atoms with E-state index in [0.29, 0.717) is 23.3 Å². The Morgan fingerprint density at radius 1 is 0.435 bits per heavy atom. The van der Waals surface area contributed by atoms with Crippen molar-refractivity contribution in [3.63, 3.8) is 0 Å². The van der Waals surface area contributed by atoms with Gasteiger partial charge >= 0.3 is 0 Å². The van der Waals surface area contributed by atoms with E-state index >= 15 is 0 Å². The molecule has 0 saturated carbocycles. The molecule has 0 aliphatic rings. The molecule has 0 aliphatic carbocycles. The molecule has 1 aromatic heterocycles. The average Bonchev–Trinajstić information content (AvgIpc) is 1.92. The Morgan fingerprint density at radius 3 is 1.59 bits per heavy atom. The molecule has 0 unspecified atom stereocenters. The number of fused-ring (bicyclic) bond motifs is 6. The Balaban J connectivity index is 0.992. The van der Waals surface area contributed by atoms with Crippen molar-refractivity contribution in [3.8, 4) is 17.2 Å². The number of phenols is 1. The molecule has 0 atom stereocenters. The Morgan fingerprint density at radius 2 is 0.988 bits per heavy atom. The predicted octanol–water partition coefficient (Wildman–Crippen LogP) is 10.5. The van der Waals surface area contributed by atoms with Crippen LogP contribution in [0.15, 0.2) is 175 Å². The van der Waals surface area contributed by atoms with Crippen molar-refractivity contribution in [1.29, 1.82) is 0 Å². The highest BCUT2D eigenvalue weighted by atomic mass is 32.2. The molecular formula is C50H37N9O20S6. The number of hydrogen-bond acceptors (Lipinski definition) is 22. The molecule has 7 N–H and O–H groups in total. The third-order valence-corrected chi connectivity index (χ3v) is 18.1. The van der Waals surface area contributed by atoms with Gasteiger partial charge in [-0.2, -0.15) is 70.6 Å². The van der Waals surface area contributed by atoms with Crippen LogP contribution in [0.3, 0.4) is 0 Å². The highest BCUT2D eigenvalue weighted by Gasteiger charge is 2.27. The monoisotopic (exact) mass is 1280 g/mol. The lowest BCUT2D eigenvalue weighted by Crippen LogP contribution is -2.04. The van der Waals surface area contributed by atoms with Gasteiger partial charge in [-0.15, -0.1) is 25.5 Å². The van der Waals surface area contributed by atoms with E-state index in [9.17, 15) is 82.9 Å². The van der Waals surface area contributed by atoms with E-state index in [2.05, 4.69) is 40.9 Å². The topological polar surface area (TPSA) is 461 Å². The molecular weight excluding hydrogens is 1240 g/mol. The molecule has 0 saturated heterocycles. The summed E-state index contributed by atoms with van der Waals surface area (Å²) in [6.45, 7) is 4.89. The van der Waals surface area contributed by atoms with Crippen molar-refractivity contribution in [3.05, 3.63) is 126 Å². The first-order valence-corrected chi connectivity index (χ1v) is 32.4. The Kier molecular flexibility index (Phi) is 14.8. The fourth-order valence-corrected chi connectivity index (χ4v) is 12.8. The number of benzene rings is 9. The van der Waals surface area contributed by atoms with Crippen LogP contribution in [0.4, 0.5) is 34.1 Å². The van der Waals surface area contributed by atoms with Gasteiger partial charge in [0.15, 0.2) is 5.75 Å². The largest absolute Gasteiger partial charge is 0.505 e. The molecule has 0 aliphatic heterocycles. The second-order valence-electron chi connectivity index (χ2n) is 18.5. The van der Waals surface area contributed by atoms with Gasteiger partial charge in [0.2, 0.25) is 0 Å². The van der Waals surface area contributed by atoms with Gasteiger partial charge in [0, 0.05) is 38.4 Å². The van der Waals surface area contributed by atoms with E-state index in [4.69, 9.17) is 4.74 Å². The molecule has 10 aromatic rings. The van der Waals surface area contributed by atoms with E-state index in [1.807, 2.05) is 0 Å². The molecule has 85 heavy (non-hydrogen) atoms. The van der Waals surface area contributed by atoms with Crippen LogP contribution in [0, 0.1) is 13.8 Å². The smallest absolute Gasteiger partial charge is 0.296 e. The van der Waals surface area contributed by atoms with Crippen LogP contribution in [-0.4, -0.2) is 105 Å². The minimum absolute atomic E-state index is 0.00118. The Bertz CT molecular complexity index is 5430. The minimum Gasteiger partial charge on any atom is -0.505 e. The predicted molar refractivity (Wildman–Crippen MR) is 302 cm³/mol. The molecule has 438 valence electrons. The molecule has 0 radical (unpaired) electrons. The molecule has 0 bridgehead atoms. The fourth-order valence-electron chi connectivity index (χ4n) is 8.97. The van der Waals surface area contributed by atoms with E-state index in [1.54, 1.807) is 20.8 Å². The van der Waals surface area contributed by atoms with Gasteiger partial charge < -0.3 is 9.84 Å². The summed E-state index contributed by atoms with van der Waals surface area (Å²) in [4.78, 5) is -3.83. The van der Waals surface area contributed by atoms with Crippen molar-refractivity contribution in [1.82, 2.24) is 15.0 Å². The maximum atomic E-state index is 12.9. The van der Waals surface area contributed by atoms with E-state index in [-0.39, 0.29) is 101 Å². The summed E-state index contributed by atoms with van der Waals surface area (Å²) in [5.41, 5.74) is 0.476. The summed E-state index contributed by atoms with van der Waals surface area (Å²) in [7, 11) is -30.0. The number of aromatic nitrogens is 3. The number of aryl methyl sites for hydroxylation is 2. The SMILES string of the molecule is CCOc1cc(N=Nc2ccc3cc(S(=O)(=O)O)cc(S(=O)(=O)O)c3c2)c2cc(S(=O)(=O)O)ccc2c1N=Nc1cc(C)c(N=Nc2c(S(=O)(=O)O)cc3cc(-n4nc5ccc6c(S(=O)(=O)O)cc(S(=O)(=O)O)cc6c5n4)ccc3c2O)cc1C. The molecule has 35 heteroatoms. The third-order valence-electron chi connectivity index (χ3n) is 12.9. The van der Waals surface area contributed by atoms with Crippen LogP contribution >= 0.6 is 0 Å². The summed E-state index contributed by atoms with van der Waals surface area (Å²) in [5.74, 6) is -0.701. The molecule has 29 nitrogen and oxygen atoms in total. The van der Waals surface area contributed by atoms with E-state index in [1.165, 1.54) is 66.7 Å². The summed E-state index contributed by atoms with van der Waals surface area (Å²) >= 11 is 0. The molecule has 0 spiro atoms.